The predicted octanol–water partition coefficient (Wildman–Crippen LogP) is 2.76. The van der Waals surface area contributed by atoms with Gasteiger partial charge in [-0.2, -0.15) is 0 Å². The van der Waals surface area contributed by atoms with Gasteiger partial charge in [0.2, 0.25) is 0 Å². The van der Waals surface area contributed by atoms with E-state index in [2.05, 4.69) is 19.1 Å². The summed E-state index contributed by atoms with van der Waals surface area (Å²) >= 11 is 0. The Morgan fingerprint density at radius 2 is 1.73 bits per heavy atom. The Morgan fingerprint density at radius 3 is 2.45 bits per heavy atom. The number of likely N-dealkylation sites (tertiary alicyclic amines) is 1. The lowest BCUT2D eigenvalue weighted by Crippen LogP contribution is -3.10. The molecule has 0 amide bonds. The van der Waals surface area contributed by atoms with Crippen LogP contribution in [0, 0.1) is 13.8 Å². The van der Waals surface area contributed by atoms with Gasteiger partial charge in [-0.3, -0.25) is 0 Å². The molecule has 0 radical (unpaired) electrons. The van der Waals surface area contributed by atoms with Crippen LogP contribution in [-0.2, 0) is 6.54 Å². The number of fused-ring (bicyclic) bond motifs is 1. The van der Waals surface area contributed by atoms with Crippen molar-refractivity contribution < 1.29 is 9.32 Å². The van der Waals surface area contributed by atoms with Crippen molar-refractivity contribution in [2.45, 2.75) is 52.5 Å². The molecule has 3 rings (SSSR count). The molecule has 22 heavy (non-hydrogen) atoms. The Morgan fingerprint density at radius 1 is 1.05 bits per heavy atom. The zero-order valence-electron chi connectivity index (χ0n) is 13.7. The van der Waals surface area contributed by atoms with Crippen LogP contribution in [0.4, 0.5) is 0 Å². The Kier molecular flexibility index (Phi) is 4.63. The molecule has 0 aliphatic carbocycles. The second-order valence-electron chi connectivity index (χ2n) is 6.67. The maximum absolute atomic E-state index is 12.0. The number of quaternary nitrogens is 1. The summed E-state index contributed by atoms with van der Waals surface area (Å²) in [6.07, 6.45) is 6.67. The monoisotopic (exact) mass is 300 g/mol. The first kappa shape index (κ1) is 15.3. The molecule has 3 heteroatoms. The van der Waals surface area contributed by atoms with E-state index in [9.17, 15) is 4.79 Å². The summed E-state index contributed by atoms with van der Waals surface area (Å²) in [6.45, 7) is 7.46. The molecule has 3 nitrogen and oxygen atoms in total. The van der Waals surface area contributed by atoms with Crippen molar-refractivity contribution in [2.24, 2.45) is 0 Å². The summed E-state index contributed by atoms with van der Waals surface area (Å²) in [4.78, 5) is 13.6. The van der Waals surface area contributed by atoms with E-state index in [0.29, 0.717) is 0 Å². The molecular formula is C19H26NO2+. The van der Waals surface area contributed by atoms with E-state index in [-0.39, 0.29) is 5.63 Å². The largest absolute Gasteiger partial charge is 0.422 e. The number of rotatable bonds is 2. The van der Waals surface area contributed by atoms with Gasteiger partial charge in [0.25, 0.3) is 0 Å². The summed E-state index contributed by atoms with van der Waals surface area (Å²) in [5.41, 5.74) is 3.95. The molecule has 0 atom stereocenters. The van der Waals surface area contributed by atoms with E-state index in [1.165, 1.54) is 50.8 Å². The van der Waals surface area contributed by atoms with E-state index in [4.69, 9.17) is 4.42 Å². The van der Waals surface area contributed by atoms with Crippen molar-refractivity contribution in [1.82, 2.24) is 0 Å². The minimum absolute atomic E-state index is 0.220. The predicted molar refractivity (Wildman–Crippen MR) is 89.4 cm³/mol. The third-order valence-corrected chi connectivity index (χ3v) is 5.02. The van der Waals surface area contributed by atoms with Crippen molar-refractivity contribution in [3.8, 4) is 0 Å². The highest BCUT2D eigenvalue weighted by molar-refractivity contribution is 5.83. The zero-order valence-corrected chi connectivity index (χ0v) is 13.7. The Balaban J connectivity index is 1.95. The van der Waals surface area contributed by atoms with E-state index in [0.717, 1.165) is 28.6 Å². The summed E-state index contributed by atoms with van der Waals surface area (Å²) in [6, 6.07) is 5.94. The first-order valence-corrected chi connectivity index (χ1v) is 8.51. The van der Waals surface area contributed by atoms with Crippen LogP contribution in [0.1, 0.15) is 48.8 Å². The maximum atomic E-state index is 12.0. The van der Waals surface area contributed by atoms with E-state index in [1.807, 2.05) is 6.92 Å². The van der Waals surface area contributed by atoms with Gasteiger partial charge >= 0.3 is 5.63 Å². The first-order chi connectivity index (χ1) is 10.6. The molecule has 2 heterocycles. The van der Waals surface area contributed by atoms with Gasteiger partial charge in [-0.25, -0.2) is 4.79 Å². The van der Waals surface area contributed by atoms with Crippen LogP contribution in [0.2, 0.25) is 0 Å². The number of benzene rings is 1. The first-order valence-electron chi connectivity index (χ1n) is 8.51. The lowest BCUT2D eigenvalue weighted by atomic mass is 10.0. The Hall–Kier alpha value is -1.61. The van der Waals surface area contributed by atoms with Crippen LogP contribution in [0.25, 0.3) is 11.0 Å². The normalized spacial score (nSPS) is 17.4. The van der Waals surface area contributed by atoms with Crippen LogP contribution in [0.3, 0.4) is 0 Å². The fourth-order valence-corrected chi connectivity index (χ4v) is 3.52. The number of aryl methyl sites for hydroxylation is 2. The van der Waals surface area contributed by atoms with Crippen molar-refractivity contribution >= 4 is 11.0 Å². The third kappa shape index (κ3) is 3.25. The fourth-order valence-electron chi connectivity index (χ4n) is 3.52. The molecule has 0 saturated carbocycles. The standard InChI is InChI=1S/C19H25NO2/c1-14-8-9-17-16(12-18(21)22-19(17)15(14)2)13-20-10-6-4-3-5-7-11-20/h8-9,12H,3-7,10-11,13H2,1-2H3/p+1. The average Bonchev–Trinajstić information content (AvgIpc) is 2.46. The van der Waals surface area contributed by atoms with Crippen LogP contribution < -0.4 is 10.5 Å². The highest BCUT2D eigenvalue weighted by atomic mass is 16.4. The molecule has 0 bridgehead atoms. The molecule has 118 valence electrons. The molecule has 2 aromatic rings. The summed E-state index contributed by atoms with van der Waals surface area (Å²) < 4.78 is 5.48. The second-order valence-corrected chi connectivity index (χ2v) is 6.67. The molecule has 1 aromatic carbocycles. The van der Waals surface area contributed by atoms with Gasteiger partial charge in [0, 0.05) is 17.0 Å². The maximum Gasteiger partial charge on any atom is 0.336 e. The number of nitrogens with one attached hydrogen (secondary N) is 1. The van der Waals surface area contributed by atoms with Gasteiger partial charge in [0.05, 0.1) is 13.1 Å². The van der Waals surface area contributed by atoms with Crippen molar-refractivity contribution in [1.29, 1.82) is 0 Å². The minimum Gasteiger partial charge on any atom is -0.422 e. The zero-order chi connectivity index (χ0) is 15.5. The molecular weight excluding hydrogens is 274 g/mol. The SMILES string of the molecule is Cc1ccc2c(C[NH+]3CCCCCCC3)cc(=O)oc2c1C. The second kappa shape index (κ2) is 6.66. The highest BCUT2D eigenvalue weighted by Gasteiger charge is 2.16. The molecule has 1 N–H and O–H groups in total. The molecule has 0 unspecified atom stereocenters. The van der Waals surface area contributed by atoms with Crippen LogP contribution in [0.5, 0.6) is 0 Å². The van der Waals surface area contributed by atoms with Gasteiger partial charge in [-0.1, -0.05) is 18.6 Å². The lowest BCUT2D eigenvalue weighted by molar-refractivity contribution is -0.914. The average molecular weight is 300 g/mol. The minimum atomic E-state index is -0.220. The fraction of sp³-hybridized carbons (Fsp3) is 0.526. The van der Waals surface area contributed by atoms with Crippen LogP contribution in [0.15, 0.2) is 27.4 Å². The molecule has 0 spiro atoms. The van der Waals surface area contributed by atoms with E-state index in [1.54, 1.807) is 11.0 Å². The third-order valence-electron chi connectivity index (χ3n) is 5.02. The molecule has 1 aromatic heterocycles. The Bertz CT molecular complexity index is 709. The van der Waals surface area contributed by atoms with E-state index >= 15 is 0 Å². The number of hydrogen-bond acceptors (Lipinski definition) is 2. The van der Waals surface area contributed by atoms with E-state index < -0.39 is 0 Å². The Labute approximate surface area is 131 Å². The van der Waals surface area contributed by atoms with Crippen molar-refractivity contribution in [2.75, 3.05) is 13.1 Å². The van der Waals surface area contributed by atoms with Gasteiger partial charge in [-0.15, -0.1) is 0 Å². The van der Waals surface area contributed by atoms with Crippen LogP contribution in [-0.4, -0.2) is 13.1 Å². The van der Waals surface area contributed by atoms with Gasteiger partial charge < -0.3 is 9.32 Å². The molecule has 1 fully saturated rings. The van der Waals surface area contributed by atoms with Crippen molar-refractivity contribution in [3.63, 3.8) is 0 Å². The van der Waals surface area contributed by atoms with Crippen molar-refractivity contribution in [3.05, 3.63) is 45.3 Å². The van der Waals surface area contributed by atoms with Gasteiger partial charge in [0.15, 0.2) is 0 Å². The quantitative estimate of drug-likeness (QED) is 0.866. The molecule has 1 aliphatic rings. The highest BCUT2D eigenvalue weighted by Crippen LogP contribution is 2.22. The topological polar surface area (TPSA) is 34.7 Å². The van der Waals surface area contributed by atoms with Crippen LogP contribution >= 0.6 is 0 Å². The lowest BCUT2D eigenvalue weighted by Gasteiger charge is -2.22. The van der Waals surface area contributed by atoms with Gasteiger partial charge in [0.1, 0.15) is 12.1 Å². The smallest absolute Gasteiger partial charge is 0.336 e. The summed E-state index contributed by atoms with van der Waals surface area (Å²) in [7, 11) is 0. The number of hydrogen-bond donors (Lipinski definition) is 1. The summed E-state index contributed by atoms with van der Waals surface area (Å²) in [5, 5.41) is 1.11. The molecule has 1 aliphatic heterocycles. The van der Waals surface area contributed by atoms with Gasteiger partial charge in [-0.05, 0) is 50.7 Å². The summed E-state index contributed by atoms with van der Waals surface area (Å²) in [5.74, 6) is 0. The molecule has 1 saturated heterocycles.